The van der Waals surface area contributed by atoms with Crippen LogP contribution in [-0.4, -0.2) is 39.8 Å². The van der Waals surface area contributed by atoms with Gasteiger partial charge < -0.3 is 25.3 Å². The van der Waals surface area contributed by atoms with Gasteiger partial charge in [0.1, 0.15) is 5.75 Å². The molecule has 4 rings (SSSR count). The van der Waals surface area contributed by atoms with Gasteiger partial charge in [0.05, 0.1) is 35.4 Å². The van der Waals surface area contributed by atoms with Crippen molar-refractivity contribution in [3.8, 4) is 5.75 Å². The van der Waals surface area contributed by atoms with Crippen molar-refractivity contribution >= 4 is 11.7 Å². The Morgan fingerprint density at radius 1 is 1.12 bits per heavy atom. The molecule has 2 heterocycles. The minimum atomic E-state index is 0.268. The highest BCUT2D eigenvalue weighted by molar-refractivity contribution is 5.64. The largest absolute Gasteiger partial charge is 0.489 e. The minimum Gasteiger partial charge on any atom is -0.489 e. The molecular formula is C25H33N7O2. The quantitative estimate of drug-likeness (QED) is 0.322. The molecule has 0 radical (unpaired) electrons. The molecule has 0 atom stereocenters. The Balaban J connectivity index is 1.43. The Morgan fingerprint density at radius 3 is 2.59 bits per heavy atom. The molecule has 1 aliphatic carbocycles. The van der Waals surface area contributed by atoms with E-state index in [4.69, 9.17) is 20.8 Å². The molecule has 1 aromatic carbocycles. The third-order valence-electron chi connectivity index (χ3n) is 5.98. The first-order chi connectivity index (χ1) is 16.5. The smallest absolute Gasteiger partial charge is 0.321 e. The summed E-state index contributed by atoms with van der Waals surface area (Å²) in [4.78, 5) is 9.08. The van der Waals surface area contributed by atoms with Crippen LogP contribution in [0.25, 0.3) is 5.70 Å². The summed E-state index contributed by atoms with van der Waals surface area (Å²) in [6.45, 7) is 2.23. The lowest BCUT2D eigenvalue weighted by Gasteiger charge is -2.24. The lowest BCUT2D eigenvalue weighted by Crippen LogP contribution is -2.32. The first-order valence-corrected chi connectivity index (χ1v) is 11.7. The van der Waals surface area contributed by atoms with Gasteiger partial charge in [0.15, 0.2) is 5.82 Å². The average molecular weight is 464 g/mol. The Kier molecular flexibility index (Phi) is 7.64. The highest BCUT2D eigenvalue weighted by Gasteiger charge is 2.18. The van der Waals surface area contributed by atoms with Gasteiger partial charge >= 0.3 is 6.01 Å². The Morgan fingerprint density at radius 2 is 1.88 bits per heavy atom. The van der Waals surface area contributed by atoms with Crippen molar-refractivity contribution in [1.29, 1.82) is 0 Å². The molecule has 0 bridgehead atoms. The second-order valence-electron chi connectivity index (χ2n) is 8.66. The fourth-order valence-electron chi connectivity index (χ4n) is 4.08. The van der Waals surface area contributed by atoms with E-state index in [2.05, 4.69) is 20.4 Å². The maximum Gasteiger partial charge on any atom is 0.321 e. The molecule has 0 aliphatic heterocycles. The van der Waals surface area contributed by atoms with Crippen LogP contribution in [0.1, 0.15) is 54.9 Å². The van der Waals surface area contributed by atoms with Crippen LogP contribution in [-0.2, 0) is 6.42 Å². The van der Waals surface area contributed by atoms with E-state index in [1.54, 1.807) is 7.05 Å². The summed E-state index contributed by atoms with van der Waals surface area (Å²) >= 11 is 0. The van der Waals surface area contributed by atoms with Gasteiger partial charge in [-0.3, -0.25) is 0 Å². The molecular weight excluding hydrogens is 430 g/mol. The zero-order valence-electron chi connectivity index (χ0n) is 19.8. The van der Waals surface area contributed by atoms with Gasteiger partial charge in [-0.15, -0.1) is 0 Å². The fraction of sp³-hybridized carbons (Fsp3) is 0.400. The number of nitrogens with two attached hydrogens (primary N) is 2. The monoisotopic (exact) mass is 463 g/mol. The summed E-state index contributed by atoms with van der Waals surface area (Å²) < 4.78 is 11.5. The summed E-state index contributed by atoms with van der Waals surface area (Å²) in [5, 5.41) is 8.62. The molecule has 180 valence electrons. The second kappa shape index (κ2) is 11.0. The zero-order valence-corrected chi connectivity index (χ0v) is 19.8. The van der Waals surface area contributed by atoms with E-state index < -0.39 is 0 Å². The number of hydrazine groups is 1. The molecule has 0 amide bonds. The highest BCUT2D eigenvalue weighted by Crippen LogP contribution is 2.26. The van der Waals surface area contributed by atoms with E-state index in [9.17, 15) is 0 Å². The van der Waals surface area contributed by atoms with E-state index in [1.165, 1.54) is 24.3 Å². The summed E-state index contributed by atoms with van der Waals surface area (Å²) in [6, 6.07) is 14.1. The number of rotatable bonds is 9. The molecule has 5 N–H and O–H groups in total. The van der Waals surface area contributed by atoms with E-state index in [0.29, 0.717) is 41.9 Å². The number of hydrogen-bond acceptors (Lipinski definition) is 9. The van der Waals surface area contributed by atoms with E-state index in [1.807, 2.05) is 49.4 Å². The van der Waals surface area contributed by atoms with Crippen molar-refractivity contribution in [2.75, 3.05) is 18.9 Å². The first-order valence-electron chi connectivity index (χ1n) is 11.7. The molecule has 1 saturated carbocycles. The van der Waals surface area contributed by atoms with Crippen LogP contribution in [0.2, 0.25) is 0 Å². The van der Waals surface area contributed by atoms with E-state index in [-0.39, 0.29) is 6.10 Å². The van der Waals surface area contributed by atoms with Crippen LogP contribution in [0.4, 0.5) is 6.01 Å². The molecule has 1 aliphatic rings. The van der Waals surface area contributed by atoms with Crippen molar-refractivity contribution < 1.29 is 9.26 Å². The van der Waals surface area contributed by atoms with Crippen molar-refractivity contribution in [3.63, 3.8) is 0 Å². The Bertz CT molecular complexity index is 1110. The third kappa shape index (κ3) is 6.05. The van der Waals surface area contributed by atoms with Gasteiger partial charge in [0.2, 0.25) is 0 Å². The summed E-state index contributed by atoms with van der Waals surface area (Å²) in [5.41, 5.74) is 10.1. The Hall–Kier alpha value is -3.59. The predicted octanol–water partition coefficient (Wildman–Crippen LogP) is 3.62. The lowest BCUT2D eigenvalue weighted by atomic mass is 9.98. The number of aromatic nitrogens is 3. The van der Waals surface area contributed by atoms with Crippen molar-refractivity contribution in [3.05, 3.63) is 70.9 Å². The molecule has 34 heavy (non-hydrogen) atoms. The van der Waals surface area contributed by atoms with Crippen LogP contribution in [0, 0.1) is 6.92 Å². The lowest BCUT2D eigenvalue weighted by molar-refractivity contribution is 0.153. The number of ether oxygens (including phenoxy) is 1. The maximum atomic E-state index is 6.46. The van der Waals surface area contributed by atoms with Crippen molar-refractivity contribution in [2.24, 2.45) is 11.6 Å². The number of anilines is 1. The van der Waals surface area contributed by atoms with E-state index in [0.717, 1.165) is 29.8 Å². The topological polar surface area (TPSA) is 128 Å². The molecule has 0 saturated heterocycles. The van der Waals surface area contributed by atoms with Crippen LogP contribution >= 0.6 is 0 Å². The number of aryl methyl sites for hydroxylation is 1. The minimum absolute atomic E-state index is 0.268. The number of benzene rings is 1. The standard InChI is InChI=1S/C25H33N7O2/c1-17-22(33-19-11-7-4-8-12-19)14-13-20(29-17)24(26)21(32(2)27)16-28-25-30-23(31-34-25)15-18-9-5-3-6-10-18/h3,5-6,9-10,13-14,19H,4,7-8,11-12,15-16,26-27H2,1-2H3,(H,28,30,31)/b24-21-. The summed E-state index contributed by atoms with van der Waals surface area (Å²) in [7, 11) is 1.73. The Labute approximate surface area is 200 Å². The number of hydrogen-bond donors (Lipinski definition) is 3. The number of pyridine rings is 1. The molecule has 3 aromatic rings. The average Bonchev–Trinajstić information content (AvgIpc) is 3.28. The molecule has 9 heteroatoms. The summed E-state index contributed by atoms with van der Waals surface area (Å²) in [5.74, 6) is 7.48. The van der Waals surface area contributed by atoms with Crippen LogP contribution in [0.3, 0.4) is 0 Å². The van der Waals surface area contributed by atoms with Gasteiger partial charge in [0.25, 0.3) is 0 Å². The van der Waals surface area contributed by atoms with Gasteiger partial charge in [-0.25, -0.2) is 10.8 Å². The number of nitrogens with zero attached hydrogens (tertiary/aromatic N) is 4. The van der Waals surface area contributed by atoms with Gasteiger partial charge in [-0.1, -0.05) is 41.9 Å². The second-order valence-corrected chi connectivity index (χ2v) is 8.66. The predicted molar refractivity (Wildman–Crippen MR) is 132 cm³/mol. The zero-order chi connectivity index (χ0) is 23.9. The van der Waals surface area contributed by atoms with E-state index >= 15 is 0 Å². The van der Waals surface area contributed by atoms with Crippen molar-refractivity contribution in [1.82, 2.24) is 20.1 Å². The number of likely N-dealkylation sites (N-methyl/N-ethyl adjacent to an activating group) is 1. The molecule has 1 fully saturated rings. The normalized spacial score (nSPS) is 15.0. The van der Waals surface area contributed by atoms with Crippen LogP contribution < -0.4 is 21.6 Å². The molecule has 0 unspecified atom stereocenters. The maximum absolute atomic E-state index is 6.46. The SMILES string of the molecule is Cc1nc(/C(N)=C(\CNc2nc(Cc3ccccc3)no2)N(C)N)ccc1OC1CCCCC1. The fourth-order valence-corrected chi connectivity index (χ4v) is 4.08. The highest BCUT2D eigenvalue weighted by atomic mass is 16.5. The molecule has 0 spiro atoms. The van der Waals surface area contributed by atoms with Crippen LogP contribution in [0.15, 0.2) is 52.7 Å². The third-order valence-corrected chi connectivity index (χ3v) is 5.98. The van der Waals surface area contributed by atoms with Gasteiger partial charge in [0, 0.05) is 13.5 Å². The van der Waals surface area contributed by atoms with Crippen LogP contribution in [0.5, 0.6) is 5.75 Å². The number of nitrogens with one attached hydrogen (secondary N) is 1. The first kappa shape index (κ1) is 23.6. The van der Waals surface area contributed by atoms with Gasteiger partial charge in [-0.2, -0.15) is 4.98 Å². The summed E-state index contributed by atoms with van der Waals surface area (Å²) in [6.07, 6.45) is 6.78. The van der Waals surface area contributed by atoms with Gasteiger partial charge in [-0.05, 0) is 50.3 Å². The molecule has 2 aromatic heterocycles. The molecule has 9 nitrogen and oxygen atoms in total. The van der Waals surface area contributed by atoms with Crippen molar-refractivity contribution in [2.45, 2.75) is 51.6 Å².